The molecule has 0 saturated carbocycles. The van der Waals surface area contributed by atoms with Crippen molar-refractivity contribution in [2.45, 2.75) is 32.6 Å². The molecule has 8 heteroatoms. The fourth-order valence-corrected chi connectivity index (χ4v) is 2.30. The lowest BCUT2D eigenvalue weighted by Crippen LogP contribution is -2.34. The third-order valence-electron chi connectivity index (χ3n) is 4.35. The lowest BCUT2D eigenvalue weighted by Gasteiger charge is -2.15. The second-order valence-electron chi connectivity index (χ2n) is 6.59. The van der Waals surface area contributed by atoms with E-state index in [1.165, 1.54) is 0 Å². The number of carbonyl (C=O) groups excluding carboxylic acids is 2. The highest BCUT2D eigenvalue weighted by molar-refractivity contribution is 5.94. The van der Waals surface area contributed by atoms with Crippen molar-refractivity contribution < 1.29 is 22.8 Å². The minimum Gasteiger partial charge on any atom is -0.348 e. The van der Waals surface area contributed by atoms with Gasteiger partial charge >= 0.3 is 6.18 Å². The van der Waals surface area contributed by atoms with E-state index in [1.54, 1.807) is 38.1 Å². The summed E-state index contributed by atoms with van der Waals surface area (Å²) in [6, 6.07) is 10.6. The average Bonchev–Trinajstić information content (AvgIpc) is 2.65. The zero-order chi connectivity index (χ0) is 20.9. The Morgan fingerprint density at radius 1 is 1.00 bits per heavy atom. The third kappa shape index (κ3) is 5.82. The maximum atomic E-state index is 12.6. The monoisotopic (exact) mass is 393 g/mol. The molecule has 0 radical (unpaired) electrons. The van der Waals surface area contributed by atoms with Crippen LogP contribution in [0.3, 0.4) is 0 Å². The van der Waals surface area contributed by atoms with E-state index in [-0.39, 0.29) is 30.0 Å². The van der Waals surface area contributed by atoms with Crippen LogP contribution in [0, 0.1) is 5.92 Å². The predicted molar refractivity (Wildman–Crippen MR) is 100 cm³/mol. The first-order chi connectivity index (χ1) is 13.1. The molecule has 0 aliphatic rings. The molecular weight excluding hydrogens is 371 g/mol. The maximum Gasteiger partial charge on any atom is 0.416 e. The second kappa shape index (κ2) is 8.88. The molecule has 2 amide bonds. The zero-order valence-corrected chi connectivity index (χ0v) is 15.5. The van der Waals surface area contributed by atoms with Crippen LogP contribution in [0.1, 0.15) is 35.3 Å². The minimum atomic E-state index is -4.44. The van der Waals surface area contributed by atoms with E-state index < -0.39 is 17.6 Å². The number of halogens is 3. The van der Waals surface area contributed by atoms with Gasteiger partial charge in [-0.2, -0.15) is 13.2 Å². The molecule has 0 aliphatic carbocycles. The van der Waals surface area contributed by atoms with Crippen molar-refractivity contribution in [1.82, 2.24) is 5.32 Å². The van der Waals surface area contributed by atoms with Crippen LogP contribution in [0.25, 0.3) is 0 Å². The Labute approximate surface area is 161 Å². The Hall–Kier alpha value is -2.87. The molecule has 2 rings (SSSR count). The van der Waals surface area contributed by atoms with E-state index in [1.807, 2.05) is 0 Å². The van der Waals surface area contributed by atoms with Crippen molar-refractivity contribution in [2.24, 2.45) is 11.7 Å². The fourth-order valence-electron chi connectivity index (χ4n) is 2.30. The molecule has 0 bridgehead atoms. The molecule has 2 aromatic carbocycles. The third-order valence-corrected chi connectivity index (χ3v) is 4.35. The highest BCUT2D eigenvalue weighted by atomic mass is 19.4. The van der Waals surface area contributed by atoms with Gasteiger partial charge in [0, 0.05) is 23.8 Å². The Morgan fingerprint density at radius 3 is 2.07 bits per heavy atom. The van der Waals surface area contributed by atoms with E-state index in [0.29, 0.717) is 5.69 Å². The summed E-state index contributed by atoms with van der Waals surface area (Å²) in [5, 5.41) is 5.40. The first-order valence-electron chi connectivity index (χ1n) is 8.69. The largest absolute Gasteiger partial charge is 0.416 e. The number of carbonyl (C=O) groups is 2. The Morgan fingerprint density at radius 2 is 1.57 bits per heavy atom. The number of anilines is 1. The summed E-state index contributed by atoms with van der Waals surface area (Å²) in [6.07, 6.45) is -4.44. The summed E-state index contributed by atoms with van der Waals surface area (Å²) in [7, 11) is 0. The quantitative estimate of drug-likeness (QED) is 0.702. The first-order valence-corrected chi connectivity index (χ1v) is 8.69. The summed E-state index contributed by atoms with van der Waals surface area (Å²) in [4.78, 5) is 24.0. The summed E-state index contributed by atoms with van der Waals surface area (Å²) in [5.74, 6) is -0.988. The van der Waals surface area contributed by atoms with Gasteiger partial charge in [0.2, 0.25) is 5.91 Å². The van der Waals surface area contributed by atoms with Crippen LogP contribution in [0.2, 0.25) is 0 Å². The normalized spacial score (nSPS) is 13.5. The lowest BCUT2D eigenvalue weighted by molar-refractivity contribution is -0.137. The zero-order valence-electron chi connectivity index (χ0n) is 15.5. The van der Waals surface area contributed by atoms with E-state index in [2.05, 4.69) is 10.6 Å². The summed E-state index contributed by atoms with van der Waals surface area (Å²) < 4.78 is 37.7. The smallest absolute Gasteiger partial charge is 0.348 e. The Bertz CT molecular complexity index is 816. The summed E-state index contributed by atoms with van der Waals surface area (Å²) in [6.45, 7) is 3.70. The van der Waals surface area contributed by atoms with E-state index in [0.717, 1.165) is 29.8 Å². The standard InChI is InChI=1S/C20H22F3N3O2/c1-12(13(2)24)18(27)26-17-9-3-14(4-10-17)11-25-19(28)15-5-7-16(8-6-15)20(21,22)23/h3-10,12-13H,11,24H2,1-2H3,(H,25,28)(H,26,27). The van der Waals surface area contributed by atoms with Crippen LogP contribution < -0.4 is 16.4 Å². The molecule has 0 aromatic heterocycles. The van der Waals surface area contributed by atoms with E-state index in [4.69, 9.17) is 5.73 Å². The highest BCUT2D eigenvalue weighted by Gasteiger charge is 2.30. The SMILES string of the molecule is CC(N)C(C)C(=O)Nc1ccc(CNC(=O)c2ccc(C(F)(F)F)cc2)cc1. The molecule has 0 saturated heterocycles. The number of benzene rings is 2. The Kier molecular flexibility index (Phi) is 6.80. The van der Waals surface area contributed by atoms with Crippen molar-refractivity contribution in [3.05, 3.63) is 65.2 Å². The summed E-state index contributed by atoms with van der Waals surface area (Å²) in [5.41, 5.74) is 6.42. The molecule has 150 valence electrons. The first kappa shape index (κ1) is 21.4. The fraction of sp³-hybridized carbons (Fsp3) is 0.300. The van der Waals surface area contributed by atoms with Gasteiger partial charge < -0.3 is 16.4 Å². The van der Waals surface area contributed by atoms with Gasteiger partial charge in [-0.1, -0.05) is 19.1 Å². The molecule has 4 N–H and O–H groups in total. The molecule has 28 heavy (non-hydrogen) atoms. The molecule has 2 atom stereocenters. The van der Waals surface area contributed by atoms with Crippen LogP contribution in [-0.4, -0.2) is 17.9 Å². The van der Waals surface area contributed by atoms with Crippen LogP contribution in [0.5, 0.6) is 0 Å². The van der Waals surface area contributed by atoms with Crippen molar-refractivity contribution in [2.75, 3.05) is 5.32 Å². The van der Waals surface area contributed by atoms with Crippen molar-refractivity contribution in [3.8, 4) is 0 Å². The van der Waals surface area contributed by atoms with E-state index >= 15 is 0 Å². The van der Waals surface area contributed by atoms with Gasteiger partial charge in [-0.3, -0.25) is 9.59 Å². The number of amides is 2. The van der Waals surface area contributed by atoms with Crippen molar-refractivity contribution in [3.63, 3.8) is 0 Å². The van der Waals surface area contributed by atoms with Crippen molar-refractivity contribution >= 4 is 17.5 Å². The van der Waals surface area contributed by atoms with Gasteiger partial charge in [-0.05, 0) is 48.9 Å². The van der Waals surface area contributed by atoms with Crippen LogP contribution in [0.4, 0.5) is 18.9 Å². The molecule has 5 nitrogen and oxygen atoms in total. The summed E-state index contributed by atoms with van der Waals surface area (Å²) >= 11 is 0. The van der Waals surface area contributed by atoms with E-state index in [9.17, 15) is 22.8 Å². The maximum absolute atomic E-state index is 12.6. The second-order valence-corrected chi connectivity index (χ2v) is 6.59. The molecule has 0 heterocycles. The van der Waals surface area contributed by atoms with Gasteiger partial charge in [0.1, 0.15) is 0 Å². The molecule has 2 aromatic rings. The highest BCUT2D eigenvalue weighted by Crippen LogP contribution is 2.29. The van der Waals surface area contributed by atoms with Crippen LogP contribution in [0.15, 0.2) is 48.5 Å². The number of nitrogens with one attached hydrogen (secondary N) is 2. The number of nitrogens with two attached hydrogens (primary N) is 1. The lowest BCUT2D eigenvalue weighted by atomic mass is 10.0. The van der Waals surface area contributed by atoms with Gasteiger partial charge in [-0.15, -0.1) is 0 Å². The molecule has 0 aliphatic heterocycles. The average molecular weight is 393 g/mol. The van der Waals surface area contributed by atoms with Crippen LogP contribution >= 0.6 is 0 Å². The van der Waals surface area contributed by atoms with Gasteiger partial charge in [0.25, 0.3) is 5.91 Å². The van der Waals surface area contributed by atoms with Gasteiger partial charge in [0.05, 0.1) is 11.5 Å². The van der Waals surface area contributed by atoms with Crippen molar-refractivity contribution in [1.29, 1.82) is 0 Å². The van der Waals surface area contributed by atoms with Gasteiger partial charge in [0.15, 0.2) is 0 Å². The predicted octanol–water partition coefficient (Wildman–Crippen LogP) is 3.56. The molecular formula is C20H22F3N3O2. The number of alkyl halides is 3. The van der Waals surface area contributed by atoms with Crippen LogP contribution in [-0.2, 0) is 17.5 Å². The molecule has 2 unspecified atom stereocenters. The molecule has 0 spiro atoms. The minimum absolute atomic E-state index is 0.141. The molecule has 0 fully saturated rings. The van der Waals surface area contributed by atoms with Gasteiger partial charge in [-0.25, -0.2) is 0 Å². The number of hydrogen-bond donors (Lipinski definition) is 3. The Balaban J connectivity index is 1.90. The number of hydrogen-bond acceptors (Lipinski definition) is 3. The number of rotatable bonds is 6. The topological polar surface area (TPSA) is 84.2 Å².